The molecule has 2 aromatic rings. The number of benzene rings is 1. The molecule has 0 bridgehead atoms. The number of aromatic nitrogens is 1. The Bertz CT molecular complexity index is 857. The summed E-state index contributed by atoms with van der Waals surface area (Å²) in [5, 5.41) is 0.510. The second-order valence-corrected chi connectivity index (χ2v) is 6.68. The van der Waals surface area contributed by atoms with Crippen LogP contribution in [-0.4, -0.2) is 18.4 Å². The molecule has 0 aliphatic heterocycles. The lowest BCUT2D eigenvalue weighted by atomic mass is 10.0. The molecule has 0 saturated heterocycles. The van der Waals surface area contributed by atoms with E-state index in [2.05, 4.69) is 53.5 Å². The summed E-state index contributed by atoms with van der Waals surface area (Å²) in [5.41, 5.74) is 3.83. The van der Waals surface area contributed by atoms with Crippen molar-refractivity contribution in [3.8, 4) is 29.0 Å². The lowest BCUT2D eigenvalue weighted by Crippen LogP contribution is -2.17. The van der Waals surface area contributed by atoms with Gasteiger partial charge < -0.3 is 9.64 Å². The Morgan fingerprint density at radius 3 is 2.21 bits per heavy atom. The molecule has 0 spiro atoms. The summed E-state index contributed by atoms with van der Waals surface area (Å²) in [4.78, 5) is 6.43. The van der Waals surface area contributed by atoms with Crippen molar-refractivity contribution in [2.24, 2.45) is 0 Å². The van der Waals surface area contributed by atoms with Crippen molar-refractivity contribution in [3.05, 3.63) is 40.0 Å². The summed E-state index contributed by atoms with van der Waals surface area (Å²) in [5.74, 6) is 2.57. The van der Waals surface area contributed by atoms with E-state index in [1.807, 2.05) is 27.8 Å². The minimum Gasteiger partial charge on any atom is -0.406 e. The molecule has 0 aliphatic rings. The molecule has 3 nitrogen and oxygen atoms in total. The summed E-state index contributed by atoms with van der Waals surface area (Å²) >= 11 is 6.98. The van der Waals surface area contributed by atoms with Gasteiger partial charge in [-0.3, -0.25) is 4.98 Å². The summed E-state index contributed by atoms with van der Waals surface area (Å²) in [6, 6.07) is 8.63. The summed E-state index contributed by atoms with van der Waals surface area (Å²) < 4.78 is 41.7. The number of alkyl halides is 4. The van der Waals surface area contributed by atoms with Gasteiger partial charge in [0.15, 0.2) is 0 Å². The first-order valence-corrected chi connectivity index (χ1v) is 10.4. The van der Waals surface area contributed by atoms with Gasteiger partial charge in [0, 0.05) is 29.5 Å². The van der Waals surface area contributed by atoms with E-state index in [0.717, 1.165) is 21.4 Å². The molecule has 1 aromatic carbocycles. The minimum atomic E-state index is -4.72. The molecule has 152 valence electrons. The van der Waals surface area contributed by atoms with Gasteiger partial charge in [-0.05, 0) is 54.0 Å². The molecule has 0 amide bonds. The largest absolute Gasteiger partial charge is 0.573 e. The fourth-order valence-electron chi connectivity index (χ4n) is 2.49. The molecule has 1 heterocycles. The summed E-state index contributed by atoms with van der Waals surface area (Å²) in [7, 11) is 1.84. The highest BCUT2D eigenvalue weighted by atomic mass is 79.9. The zero-order valence-electron chi connectivity index (χ0n) is 16.2. The van der Waals surface area contributed by atoms with Gasteiger partial charge in [-0.15, -0.1) is 13.2 Å². The van der Waals surface area contributed by atoms with Gasteiger partial charge in [-0.25, -0.2) is 0 Å². The molecule has 0 aliphatic carbocycles. The normalized spacial score (nSPS) is 10.4. The summed E-state index contributed by atoms with van der Waals surface area (Å²) in [6.45, 7) is 7.64. The van der Waals surface area contributed by atoms with Gasteiger partial charge in [0.25, 0.3) is 0 Å². The van der Waals surface area contributed by atoms with Crippen LogP contribution in [0.2, 0.25) is 0 Å². The van der Waals surface area contributed by atoms with Crippen LogP contribution < -0.4 is 9.64 Å². The molecule has 28 heavy (non-hydrogen) atoms. The van der Waals surface area contributed by atoms with E-state index in [4.69, 9.17) is 0 Å². The van der Waals surface area contributed by atoms with Gasteiger partial charge in [-0.2, -0.15) is 0 Å². The minimum absolute atomic E-state index is 0.272. The number of pyridine rings is 1. The molecule has 0 atom stereocenters. The predicted molar refractivity (Wildman–Crippen MR) is 115 cm³/mol. The molecule has 0 radical (unpaired) electrons. The van der Waals surface area contributed by atoms with Crippen LogP contribution in [0.25, 0.3) is 11.3 Å². The average Bonchev–Trinajstić information content (AvgIpc) is 2.63. The number of anilines is 1. The van der Waals surface area contributed by atoms with Gasteiger partial charge in [0.05, 0.1) is 21.5 Å². The molecule has 2 rings (SSSR count). The molecule has 1 aromatic heterocycles. The number of rotatable bonds is 4. The van der Waals surface area contributed by atoms with E-state index in [0.29, 0.717) is 16.6 Å². The first-order chi connectivity index (χ1) is 13.2. The number of hydrogen-bond donors (Lipinski definition) is 0. The maximum absolute atomic E-state index is 12.3. The van der Waals surface area contributed by atoms with Crippen molar-refractivity contribution >= 4 is 37.5 Å². The first kappa shape index (κ1) is 24.3. The van der Waals surface area contributed by atoms with Crippen molar-refractivity contribution < 1.29 is 17.9 Å². The van der Waals surface area contributed by atoms with E-state index in [-0.39, 0.29) is 5.75 Å². The lowest BCUT2D eigenvalue weighted by molar-refractivity contribution is -0.274. The Hall–Kier alpha value is -1.72. The van der Waals surface area contributed by atoms with E-state index in [1.54, 1.807) is 24.0 Å². The quantitative estimate of drug-likeness (QED) is 0.245. The average molecular weight is 522 g/mol. The Morgan fingerprint density at radius 2 is 1.75 bits per heavy atom. The Morgan fingerprint density at radius 1 is 1.18 bits per heavy atom. The van der Waals surface area contributed by atoms with E-state index in [1.165, 1.54) is 12.1 Å². The molecule has 0 saturated carbocycles. The number of hydrogen-bond acceptors (Lipinski definition) is 3. The monoisotopic (exact) mass is 520 g/mol. The van der Waals surface area contributed by atoms with Gasteiger partial charge >= 0.3 is 6.36 Å². The highest BCUT2D eigenvalue weighted by molar-refractivity contribution is 9.11. The molecule has 0 fully saturated rings. The number of halogens is 5. The van der Waals surface area contributed by atoms with Gasteiger partial charge in [-0.1, -0.05) is 35.7 Å². The van der Waals surface area contributed by atoms with Crippen molar-refractivity contribution in [1.29, 1.82) is 0 Å². The zero-order valence-corrected chi connectivity index (χ0v) is 19.4. The van der Waals surface area contributed by atoms with Gasteiger partial charge in [0.1, 0.15) is 5.75 Å². The topological polar surface area (TPSA) is 25.4 Å². The molecular weight excluding hydrogens is 501 g/mol. The third kappa shape index (κ3) is 6.14. The molecule has 8 heteroatoms. The van der Waals surface area contributed by atoms with Crippen LogP contribution in [0.3, 0.4) is 0 Å². The molecule has 0 unspecified atom stereocenters. The van der Waals surface area contributed by atoms with Crippen molar-refractivity contribution in [2.75, 3.05) is 11.9 Å². The zero-order chi connectivity index (χ0) is 21.5. The maximum atomic E-state index is 12.3. The summed E-state index contributed by atoms with van der Waals surface area (Å²) in [6.07, 6.45) is -4.72. The van der Waals surface area contributed by atoms with Crippen LogP contribution in [0.15, 0.2) is 28.7 Å². The van der Waals surface area contributed by atoms with Crippen molar-refractivity contribution in [2.45, 2.75) is 39.4 Å². The van der Waals surface area contributed by atoms with Gasteiger partial charge in [0.2, 0.25) is 0 Å². The molecule has 0 N–H and O–H groups in total. The lowest BCUT2D eigenvalue weighted by Gasteiger charge is -2.21. The highest BCUT2D eigenvalue weighted by Gasteiger charge is 2.31. The van der Waals surface area contributed by atoms with Crippen LogP contribution in [-0.2, 0) is 5.33 Å². The van der Waals surface area contributed by atoms with Crippen molar-refractivity contribution in [1.82, 2.24) is 4.98 Å². The van der Waals surface area contributed by atoms with Crippen LogP contribution in [0, 0.1) is 18.9 Å². The van der Waals surface area contributed by atoms with E-state index >= 15 is 0 Å². The smallest absolute Gasteiger partial charge is 0.406 e. The number of ether oxygens (including phenoxy) is 1. The van der Waals surface area contributed by atoms with Crippen LogP contribution in [0.4, 0.5) is 18.9 Å². The van der Waals surface area contributed by atoms with Crippen LogP contribution >= 0.6 is 31.9 Å². The SMILES string of the molecule is CC.CC#CN(C)c1c(C)c(-c2ccc(OC(F)(F)F)cc2)nc(CBr)c1Br. The fraction of sp³-hybridized carbons (Fsp3) is 0.350. The van der Waals surface area contributed by atoms with Crippen LogP contribution in [0.5, 0.6) is 5.75 Å². The second kappa shape index (κ2) is 10.7. The molecular formula is C20H21Br2F3N2O. The van der Waals surface area contributed by atoms with Crippen molar-refractivity contribution in [3.63, 3.8) is 0 Å². The maximum Gasteiger partial charge on any atom is 0.573 e. The standard InChI is InChI=1S/C18H15Br2F3N2O.C2H6/c1-4-9-25(3)17-11(2)16(24-14(10-19)15(17)20)12-5-7-13(8-6-12)26-18(21,22)23;1-2/h5-8H,10H2,1-3H3;1-2H3. The van der Waals surface area contributed by atoms with Crippen LogP contribution in [0.1, 0.15) is 32.0 Å². The van der Waals surface area contributed by atoms with E-state index < -0.39 is 6.36 Å². The predicted octanol–water partition coefficient (Wildman–Crippen LogP) is 7.06. The third-order valence-corrected chi connectivity index (χ3v) is 4.89. The first-order valence-electron chi connectivity index (χ1n) is 8.45. The Labute approximate surface area is 180 Å². The Balaban J connectivity index is 0.00000190. The highest BCUT2D eigenvalue weighted by Crippen LogP contribution is 2.38. The fourth-order valence-corrected chi connectivity index (χ4v) is 4.06. The second-order valence-electron chi connectivity index (χ2n) is 5.32. The third-order valence-electron chi connectivity index (χ3n) is 3.52. The number of nitrogens with zero attached hydrogens (tertiary/aromatic N) is 2. The van der Waals surface area contributed by atoms with E-state index in [9.17, 15) is 13.2 Å². The Kier molecular flexibility index (Phi) is 9.31.